The van der Waals surface area contributed by atoms with Gasteiger partial charge in [-0.2, -0.15) is 0 Å². The van der Waals surface area contributed by atoms with Gasteiger partial charge in [-0.1, -0.05) is 25.5 Å². The van der Waals surface area contributed by atoms with Gasteiger partial charge in [-0.3, -0.25) is 9.59 Å². The molecule has 0 spiro atoms. The fourth-order valence-electron chi connectivity index (χ4n) is 4.38. The van der Waals surface area contributed by atoms with E-state index in [0.29, 0.717) is 23.8 Å². The second-order valence-electron chi connectivity index (χ2n) is 8.21. The Morgan fingerprint density at radius 2 is 1.62 bits per heavy atom. The summed E-state index contributed by atoms with van der Waals surface area (Å²) in [5.74, 6) is 1.73. The molecule has 2 aromatic rings. The minimum absolute atomic E-state index is 0.00175. The first-order valence-electron chi connectivity index (χ1n) is 11.5. The van der Waals surface area contributed by atoms with E-state index in [0.717, 1.165) is 29.7 Å². The van der Waals surface area contributed by atoms with Crippen molar-refractivity contribution in [1.82, 2.24) is 10.2 Å². The zero-order valence-corrected chi connectivity index (χ0v) is 20.6. The molecule has 0 aromatic heterocycles. The number of carbonyl (C=O) groups is 2. The lowest BCUT2D eigenvalue weighted by molar-refractivity contribution is -0.129. The number of hydrogen-bond donors (Lipinski definition) is 1. The lowest BCUT2D eigenvalue weighted by atomic mass is 9.92. The minimum Gasteiger partial charge on any atom is -0.497 e. The van der Waals surface area contributed by atoms with E-state index in [1.165, 1.54) is 0 Å². The molecule has 3 rings (SSSR count). The number of hydrogen-bond acceptors (Lipinski definition) is 6. The van der Waals surface area contributed by atoms with E-state index >= 15 is 0 Å². The van der Waals surface area contributed by atoms with Crippen LogP contribution in [0.2, 0.25) is 0 Å². The van der Waals surface area contributed by atoms with Crippen molar-refractivity contribution in [2.45, 2.75) is 38.8 Å². The lowest BCUT2D eigenvalue weighted by Gasteiger charge is -2.28. The Labute approximate surface area is 201 Å². The van der Waals surface area contributed by atoms with E-state index in [2.05, 4.69) is 12.2 Å². The van der Waals surface area contributed by atoms with E-state index in [1.807, 2.05) is 29.2 Å². The van der Waals surface area contributed by atoms with E-state index in [1.54, 1.807) is 40.6 Å². The van der Waals surface area contributed by atoms with Gasteiger partial charge in [0.1, 0.15) is 11.5 Å². The molecule has 1 N–H and O–H groups in total. The Morgan fingerprint density at radius 1 is 0.971 bits per heavy atom. The highest BCUT2D eigenvalue weighted by Gasteiger charge is 2.44. The Morgan fingerprint density at radius 3 is 2.21 bits per heavy atom. The molecule has 0 saturated carbocycles. The average molecular weight is 471 g/mol. The van der Waals surface area contributed by atoms with Gasteiger partial charge in [-0.15, -0.1) is 0 Å². The van der Waals surface area contributed by atoms with Gasteiger partial charge in [0.2, 0.25) is 11.8 Å². The highest BCUT2D eigenvalue weighted by Crippen LogP contribution is 2.39. The van der Waals surface area contributed by atoms with E-state index in [4.69, 9.17) is 18.9 Å². The zero-order valence-electron chi connectivity index (χ0n) is 20.6. The van der Waals surface area contributed by atoms with Crippen molar-refractivity contribution in [3.63, 3.8) is 0 Å². The molecule has 34 heavy (non-hydrogen) atoms. The Hall–Kier alpha value is -3.42. The molecule has 8 heteroatoms. The van der Waals surface area contributed by atoms with Gasteiger partial charge in [-0.25, -0.2) is 0 Å². The van der Waals surface area contributed by atoms with Crippen LogP contribution in [-0.2, 0) is 16.1 Å². The van der Waals surface area contributed by atoms with Gasteiger partial charge in [0.25, 0.3) is 0 Å². The zero-order chi connectivity index (χ0) is 24.7. The van der Waals surface area contributed by atoms with Crippen LogP contribution in [0.1, 0.15) is 43.4 Å². The number of ether oxygens (including phenoxy) is 4. The molecule has 2 amide bonds. The molecule has 1 heterocycles. The largest absolute Gasteiger partial charge is 0.497 e. The standard InChI is InChI=1S/C26H34N2O6/c1-6-7-12-28-24(29)14-20(25(28)17-8-10-19(31-2)11-9-17)26(30)27-16-18-13-22(33-4)23(34-5)15-21(18)32-3/h8-11,13,15,20,25H,6-7,12,14,16H2,1-5H3,(H,27,30). The van der Waals surface area contributed by atoms with Crippen LogP contribution >= 0.6 is 0 Å². The number of methoxy groups -OCH3 is 4. The third-order valence-corrected chi connectivity index (χ3v) is 6.22. The predicted molar refractivity (Wildman–Crippen MR) is 128 cm³/mol. The topological polar surface area (TPSA) is 86.3 Å². The second kappa shape index (κ2) is 11.6. The number of unbranched alkanes of at least 4 members (excludes halogenated alkanes) is 1. The molecule has 2 atom stereocenters. The number of nitrogens with one attached hydrogen (secondary N) is 1. The molecule has 1 aliphatic rings. The monoisotopic (exact) mass is 470 g/mol. The third kappa shape index (κ3) is 5.38. The first-order valence-corrected chi connectivity index (χ1v) is 11.5. The maximum absolute atomic E-state index is 13.4. The summed E-state index contributed by atoms with van der Waals surface area (Å²) >= 11 is 0. The van der Waals surface area contributed by atoms with Crippen molar-refractivity contribution >= 4 is 11.8 Å². The van der Waals surface area contributed by atoms with Crippen LogP contribution in [0.4, 0.5) is 0 Å². The SMILES string of the molecule is CCCCN1C(=O)CC(C(=O)NCc2cc(OC)c(OC)cc2OC)C1c1ccc(OC)cc1. The lowest BCUT2D eigenvalue weighted by Crippen LogP contribution is -2.36. The van der Waals surface area contributed by atoms with E-state index in [-0.39, 0.29) is 30.8 Å². The molecule has 184 valence electrons. The maximum Gasteiger partial charge on any atom is 0.226 e. The average Bonchev–Trinajstić information content (AvgIpc) is 3.21. The molecule has 0 radical (unpaired) electrons. The van der Waals surface area contributed by atoms with Crippen LogP contribution < -0.4 is 24.3 Å². The summed E-state index contributed by atoms with van der Waals surface area (Å²) in [6.45, 7) is 2.94. The van der Waals surface area contributed by atoms with Crippen LogP contribution in [-0.4, -0.2) is 51.7 Å². The quantitative estimate of drug-likeness (QED) is 0.539. The number of likely N-dealkylation sites (tertiary alicyclic amines) is 1. The van der Waals surface area contributed by atoms with Crippen molar-refractivity contribution < 1.29 is 28.5 Å². The molecule has 1 aliphatic heterocycles. The fraction of sp³-hybridized carbons (Fsp3) is 0.462. The maximum atomic E-state index is 13.4. The molecule has 1 fully saturated rings. The van der Waals surface area contributed by atoms with Crippen LogP contribution in [0.25, 0.3) is 0 Å². The highest BCUT2D eigenvalue weighted by molar-refractivity contribution is 5.90. The molecule has 8 nitrogen and oxygen atoms in total. The number of benzene rings is 2. The predicted octanol–water partition coefficient (Wildman–Crippen LogP) is 3.73. The normalized spacial score (nSPS) is 17.4. The number of amides is 2. The van der Waals surface area contributed by atoms with Crippen LogP contribution in [0.5, 0.6) is 23.0 Å². The van der Waals surface area contributed by atoms with Crippen molar-refractivity contribution in [2.24, 2.45) is 5.92 Å². The summed E-state index contributed by atoms with van der Waals surface area (Å²) in [7, 11) is 6.29. The van der Waals surface area contributed by atoms with Crippen LogP contribution in [0, 0.1) is 5.92 Å². The van der Waals surface area contributed by atoms with Crippen molar-refractivity contribution in [3.8, 4) is 23.0 Å². The highest BCUT2D eigenvalue weighted by atomic mass is 16.5. The summed E-state index contributed by atoms with van der Waals surface area (Å²) in [6.07, 6.45) is 2.03. The molecule has 1 saturated heterocycles. The smallest absolute Gasteiger partial charge is 0.226 e. The van der Waals surface area contributed by atoms with Gasteiger partial charge in [0.05, 0.1) is 40.4 Å². The van der Waals surface area contributed by atoms with Crippen molar-refractivity contribution in [1.29, 1.82) is 0 Å². The number of rotatable bonds is 11. The summed E-state index contributed by atoms with van der Waals surface area (Å²) in [6, 6.07) is 10.8. The van der Waals surface area contributed by atoms with Gasteiger partial charge in [0.15, 0.2) is 11.5 Å². The number of nitrogens with zero attached hydrogens (tertiary/aromatic N) is 1. The molecule has 0 aliphatic carbocycles. The molecule has 2 unspecified atom stereocenters. The first-order chi connectivity index (χ1) is 16.5. The Kier molecular flexibility index (Phi) is 8.62. The van der Waals surface area contributed by atoms with Gasteiger partial charge >= 0.3 is 0 Å². The first kappa shape index (κ1) is 25.2. The Balaban J connectivity index is 1.83. The summed E-state index contributed by atoms with van der Waals surface area (Å²) in [5, 5.41) is 3.01. The second-order valence-corrected chi connectivity index (χ2v) is 8.21. The molecular formula is C26H34N2O6. The summed E-state index contributed by atoms with van der Waals surface area (Å²) in [4.78, 5) is 28.1. The van der Waals surface area contributed by atoms with Gasteiger partial charge in [-0.05, 0) is 30.2 Å². The molecule has 0 bridgehead atoms. The summed E-state index contributed by atoms with van der Waals surface area (Å²) < 4.78 is 21.5. The van der Waals surface area contributed by atoms with Crippen molar-refractivity contribution in [3.05, 3.63) is 47.5 Å². The van der Waals surface area contributed by atoms with Crippen molar-refractivity contribution in [2.75, 3.05) is 35.0 Å². The molecule has 2 aromatic carbocycles. The third-order valence-electron chi connectivity index (χ3n) is 6.22. The van der Waals surface area contributed by atoms with Gasteiger partial charge < -0.3 is 29.2 Å². The Bertz CT molecular complexity index is 992. The van der Waals surface area contributed by atoms with Crippen LogP contribution in [0.15, 0.2) is 36.4 Å². The fourth-order valence-corrected chi connectivity index (χ4v) is 4.38. The van der Waals surface area contributed by atoms with Gasteiger partial charge in [0, 0.05) is 31.1 Å². The van der Waals surface area contributed by atoms with E-state index in [9.17, 15) is 9.59 Å². The number of carbonyl (C=O) groups excluding carboxylic acids is 2. The van der Waals surface area contributed by atoms with E-state index < -0.39 is 5.92 Å². The minimum atomic E-state index is -0.496. The summed E-state index contributed by atoms with van der Waals surface area (Å²) in [5.41, 5.74) is 1.67. The molecular weight excluding hydrogens is 436 g/mol. The van der Waals surface area contributed by atoms with Crippen LogP contribution in [0.3, 0.4) is 0 Å².